The molecule has 0 amide bonds. The number of thiophene rings is 1. The first kappa shape index (κ1) is 35.9. The van der Waals surface area contributed by atoms with E-state index in [1.165, 1.54) is 96.5 Å². The lowest BCUT2D eigenvalue weighted by molar-refractivity contribution is 0.415. The van der Waals surface area contributed by atoms with Gasteiger partial charge in [0.05, 0.1) is 36.3 Å². The third-order valence-electron chi connectivity index (χ3n) is 13.1. The minimum atomic E-state index is 0.840. The lowest BCUT2D eigenvalue weighted by Crippen LogP contribution is -1.93. The normalized spacial score (nSPS) is 12.0. The summed E-state index contributed by atoms with van der Waals surface area (Å²) in [5.74, 6) is 1.68. The standard InChI is InChI=1S/C58H38N2O2S/c1-61-39-25-21-35(22-26-39)43-29-51-52-30-44(36-23-27-40(62-2)28-24-36)46-34-56-48(42-18-10-12-20-54(42)60(56)38-15-7-4-8-16-38)32-50(46)58(52)63-57(51)49-31-47-41-17-9-11-19-53(41)59(55(47)33-45(43)49)37-13-5-3-6-14-37/h3-34H,1-2H3. The fourth-order valence-electron chi connectivity index (χ4n) is 10.2. The van der Waals surface area contributed by atoms with Crippen LogP contribution in [-0.2, 0) is 0 Å². The highest BCUT2D eigenvalue weighted by Crippen LogP contribution is 2.50. The van der Waals surface area contributed by atoms with Crippen molar-refractivity contribution < 1.29 is 9.47 Å². The Balaban J connectivity index is 1.20. The largest absolute Gasteiger partial charge is 0.497 e. The molecule has 10 aromatic carbocycles. The van der Waals surface area contributed by atoms with Gasteiger partial charge in [0.2, 0.25) is 0 Å². The van der Waals surface area contributed by atoms with Gasteiger partial charge in [-0.25, -0.2) is 0 Å². The number of para-hydroxylation sites is 4. The van der Waals surface area contributed by atoms with Crippen molar-refractivity contribution in [2.24, 2.45) is 0 Å². The molecule has 0 fully saturated rings. The Kier molecular flexibility index (Phi) is 7.87. The van der Waals surface area contributed by atoms with E-state index in [9.17, 15) is 0 Å². The maximum absolute atomic E-state index is 5.65. The van der Waals surface area contributed by atoms with Crippen LogP contribution in [0.4, 0.5) is 0 Å². The number of aromatic nitrogens is 2. The maximum atomic E-state index is 5.65. The third kappa shape index (κ3) is 5.33. The SMILES string of the molecule is COc1ccc(-c2cc3c4cc(-c5ccc(OC)cc5)c5cc6c(cc5c4sc3c3cc4c5ccccc5n(-c5ccccc5)c4cc23)c2ccccc2n6-c2ccccc2)cc1. The highest BCUT2D eigenvalue weighted by molar-refractivity contribution is 7.27. The first-order valence-electron chi connectivity index (χ1n) is 21.3. The Morgan fingerprint density at radius 2 is 0.698 bits per heavy atom. The molecule has 0 N–H and O–H groups in total. The second kappa shape index (κ2) is 13.8. The molecular weight excluding hydrogens is 789 g/mol. The molecule has 0 radical (unpaired) electrons. The van der Waals surface area contributed by atoms with Crippen LogP contribution in [0.3, 0.4) is 0 Å². The fraction of sp³-hybridized carbons (Fsp3) is 0.0345. The number of hydrogen-bond donors (Lipinski definition) is 0. The van der Waals surface area contributed by atoms with Gasteiger partial charge in [0, 0.05) is 63.9 Å². The molecular formula is C58H38N2O2S. The third-order valence-corrected chi connectivity index (χ3v) is 14.4. The van der Waals surface area contributed by atoms with Crippen molar-refractivity contribution in [2.45, 2.75) is 0 Å². The topological polar surface area (TPSA) is 28.3 Å². The molecule has 298 valence electrons. The summed E-state index contributed by atoms with van der Waals surface area (Å²) in [6.07, 6.45) is 0. The van der Waals surface area contributed by atoms with Crippen LogP contribution in [0.2, 0.25) is 0 Å². The molecule has 0 bridgehead atoms. The van der Waals surface area contributed by atoms with Crippen molar-refractivity contribution in [3.05, 3.63) is 194 Å². The summed E-state index contributed by atoms with van der Waals surface area (Å²) in [6, 6.07) is 70.9. The first-order valence-corrected chi connectivity index (χ1v) is 22.1. The van der Waals surface area contributed by atoms with Gasteiger partial charge in [0.1, 0.15) is 11.5 Å². The average molecular weight is 827 g/mol. The molecule has 0 spiro atoms. The van der Waals surface area contributed by atoms with Gasteiger partial charge in [-0.15, -0.1) is 11.3 Å². The van der Waals surface area contributed by atoms with E-state index in [0.29, 0.717) is 0 Å². The van der Waals surface area contributed by atoms with E-state index in [2.05, 4.69) is 203 Å². The molecule has 0 saturated carbocycles. The molecule has 4 nitrogen and oxygen atoms in total. The Morgan fingerprint density at radius 1 is 0.317 bits per heavy atom. The van der Waals surface area contributed by atoms with Crippen LogP contribution in [0.5, 0.6) is 11.5 Å². The molecule has 0 atom stereocenters. The van der Waals surface area contributed by atoms with Crippen LogP contribution in [-0.4, -0.2) is 23.4 Å². The number of rotatable bonds is 6. The Bertz CT molecular complexity index is 3700. The summed E-state index contributed by atoms with van der Waals surface area (Å²) in [5.41, 5.74) is 11.7. The van der Waals surface area contributed by atoms with E-state index < -0.39 is 0 Å². The van der Waals surface area contributed by atoms with Gasteiger partial charge in [-0.05, 0) is 130 Å². The first-order chi connectivity index (χ1) is 31.1. The molecule has 0 aliphatic carbocycles. The Labute approximate surface area is 367 Å². The lowest BCUT2D eigenvalue weighted by atomic mass is 9.91. The van der Waals surface area contributed by atoms with Crippen molar-refractivity contribution in [3.63, 3.8) is 0 Å². The minimum Gasteiger partial charge on any atom is -0.497 e. The lowest BCUT2D eigenvalue weighted by Gasteiger charge is -2.13. The van der Waals surface area contributed by atoms with Gasteiger partial charge in [-0.3, -0.25) is 0 Å². The minimum absolute atomic E-state index is 0.840. The number of methoxy groups -OCH3 is 2. The van der Waals surface area contributed by atoms with Crippen LogP contribution in [0.15, 0.2) is 194 Å². The number of fused-ring (bicyclic) bond motifs is 13. The summed E-state index contributed by atoms with van der Waals surface area (Å²) in [4.78, 5) is 0. The summed E-state index contributed by atoms with van der Waals surface area (Å²) < 4.78 is 18.7. The summed E-state index contributed by atoms with van der Waals surface area (Å²) >= 11 is 1.92. The molecule has 3 heterocycles. The quantitative estimate of drug-likeness (QED) is 0.167. The van der Waals surface area contributed by atoms with E-state index in [4.69, 9.17) is 9.47 Å². The number of benzene rings is 10. The zero-order chi connectivity index (χ0) is 41.8. The predicted molar refractivity (Wildman–Crippen MR) is 267 cm³/mol. The van der Waals surface area contributed by atoms with Gasteiger partial charge in [-0.2, -0.15) is 0 Å². The molecule has 5 heteroatoms. The monoisotopic (exact) mass is 826 g/mol. The van der Waals surface area contributed by atoms with Gasteiger partial charge < -0.3 is 18.6 Å². The zero-order valence-corrected chi connectivity index (χ0v) is 35.4. The van der Waals surface area contributed by atoms with Crippen LogP contribution in [0, 0.1) is 0 Å². The van der Waals surface area contributed by atoms with Crippen LogP contribution in [0.1, 0.15) is 0 Å². The highest BCUT2D eigenvalue weighted by atomic mass is 32.1. The van der Waals surface area contributed by atoms with E-state index in [1.807, 2.05) is 11.3 Å². The summed E-state index contributed by atoms with van der Waals surface area (Å²) in [6.45, 7) is 0. The number of ether oxygens (including phenoxy) is 2. The average Bonchev–Trinajstić information content (AvgIpc) is 4.00. The zero-order valence-electron chi connectivity index (χ0n) is 34.6. The van der Waals surface area contributed by atoms with Crippen molar-refractivity contribution in [3.8, 4) is 45.1 Å². The second-order valence-corrected chi connectivity index (χ2v) is 17.4. The van der Waals surface area contributed by atoms with Crippen molar-refractivity contribution >= 4 is 96.7 Å². The van der Waals surface area contributed by atoms with Gasteiger partial charge in [0.15, 0.2) is 0 Å². The molecule has 13 aromatic rings. The summed E-state index contributed by atoms with van der Waals surface area (Å²) in [5, 5.41) is 12.4. The molecule has 3 aromatic heterocycles. The van der Waals surface area contributed by atoms with E-state index in [1.54, 1.807) is 14.2 Å². The van der Waals surface area contributed by atoms with Crippen molar-refractivity contribution in [2.75, 3.05) is 14.2 Å². The molecule has 63 heavy (non-hydrogen) atoms. The van der Waals surface area contributed by atoms with E-state index in [0.717, 1.165) is 34.0 Å². The number of nitrogens with zero attached hydrogens (tertiary/aromatic N) is 2. The van der Waals surface area contributed by atoms with Crippen LogP contribution in [0.25, 0.3) is 119 Å². The Hall–Kier alpha value is -7.86. The van der Waals surface area contributed by atoms with Crippen molar-refractivity contribution in [1.82, 2.24) is 9.13 Å². The fourth-order valence-corrected chi connectivity index (χ4v) is 11.5. The smallest absolute Gasteiger partial charge is 0.118 e. The van der Waals surface area contributed by atoms with Gasteiger partial charge in [0.25, 0.3) is 0 Å². The van der Waals surface area contributed by atoms with E-state index >= 15 is 0 Å². The Morgan fingerprint density at radius 3 is 1.11 bits per heavy atom. The second-order valence-electron chi connectivity index (χ2n) is 16.4. The van der Waals surface area contributed by atoms with Gasteiger partial charge >= 0.3 is 0 Å². The van der Waals surface area contributed by atoms with Crippen molar-refractivity contribution in [1.29, 1.82) is 0 Å². The highest BCUT2D eigenvalue weighted by Gasteiger charge is 2.22. The van der Waals surface area contributed by atoms with Crippen LogP contribution >= 0.6 is 11.3 Å². The summed E-state index contributed by atoms with van der Waals surface area (Å²) in [7, 11) is 3.45. The number of hydrogen-bond acceptors (Lipinski definition) is 3. The van der Waals surface area contributed by atoms with Gasteiger partial charge in [-0.1, -0.05) is 97.1 Å². The molecule has 0 aliphatic heterocycles. The molecule has 13 rings (SSSR count). The molecule has 0 saturated heterocycles. The predicted octanol–water partition coefficient (Wildman–Crippen LogP) is 15.9. The molecule has 0 aliphatic rings. The van der Waals surface area contributed by atoms with Crippen LogP contribution < -0.4 is 9.47 Å². The maximum Gasteiger partial charge on any atom is 0.118 e. The van der Waals surface area contributed by atoms with E-state index in [-0.39, 0.29) is 0 Å². The molecule has 0 unspecified atom stereocenters.